The Morgan fingerprint density at radius 2 is 1.50 bits per heavy atom. The third kappa shape index (κ3) is 7.60. The zero-order valence-electron chi connectivity index (χ0n) is 16.5. The Hall–Kier alpha value is -1.18. The van der Waals surface area contributed by atoms with Gasteiger partial charge >= 0.3 is 0 Å². The molecule has 2 fully saturated rings. The molecular weight excluding hydrogens is 332 g/mol. The van der Waals surface area contributed by atoms with Crippen molar-refractivity contribution in [3.8, 4) is 0 Å². The van der Waals surface area contributed by atoms with Gasteiger partial charge in [0.05, 0.1) is 13.2 Å². The Balaban J connectivity index is 1.56. The molecule has 1 aliphatic carbocycles. The minimum absolute atomic E-state index is 0.0671. The number of rotatable bonds is 9. The van der Waals surface area contributed by atoms with E-state index in [4.69, 9.17) is 4.74 Å². The van der Waals surface area contributed by atoms with Gasteiger partial charge in [0.15, 0.2) is 0 Å². The fourth-order valence-corrected chi connectivity index (χ4v) is 3.68. The molecule has 0 aromatic rings. The van der Waals surface area contributed by atoms with E-state index < -0.39 is 0 Å². The quantitative estimate of drug-likeness (QED) is 0.573. The molecule has 7 nitrogen and oxygen atoms in total. The van der Waals surface area contributed by atoms with Crippen LogP contribution in [-0.4, -0.2) is 88.2 Å². The molecule has 1 saturated carbocycles. The van der Waals surface area contributed by atoms with E-state index in [9.17, 15) is 9.59 Å². The Morgan fingerprint density at radius 1 is 0.962 bits per heavy atom. The second-order valence-electron chi connectivity index (χ2n) is 7.74. The van der Waals surface area contributed by atoms with Gasteiger partial charge in [-0.1, -0.05) is 0 Å². The summed E-state index contributed by atoms with van der Waals surface area (Å²) in [7, 11) is 4.07. The van der Waals surface area contributed by atoms with Crippen molar-refractivity contribution in [3.63, 3.8) is 0 Å². The molecule has 2 N–H and O–H groups in total. The maximum absolute atomic E-state index is 12.3. The smallest absolute Gasteiger partial charge is 0.223 e. The number of carbonyl (C=O) groups is 2. The first-order valence-electron chi connectivity index (χ1n) is 10.1. The fraction of sp³-hybridized carbons (Fsp3) is 0.895. The summed E-state index contributed by atoms with van der Waals surface area (Å²) in [5.41, 5.74) is 0. The lowest BCUT2D eigenvalue weighted by molar-refractivity contribution is -0.130. The molecule has 0 spiro atoms. The minimum atomic E-state index is 0.0671. The van der Waals surface area contributed by atoms with Gasteiger partial charge in [-0.2, -0.15) is 0 Å². The van der Waals surface area contributed by atoms with Crippen LogP contribution in [0.25, 0.3) is 0 Å². The van der Waals surface area contributed by atoms with E-state index >= 15 is 0 Å². The second-order valence-corrected chi connectivity index (χ2v) is 7.74. The molecule has 0 unspecified atom stereocenters. The van der Waals surface area contributed by atoms with E-state index in [0.29, 0.717) is 6.54 Å². The van der Waals surface area contributed by atoms with Crippen LogP contribution in [0.15, 0.2) is 0 Å². The molecule has 150 valence electrons. The summed E-state index contributed by atoms with van der Waals surface area (Å²) in [4.78, 5) is 29.0. The molecule has 0 aromatic heterocycles. The minimum Gasteiger partial charge on any atom is -0.379 e. The second kappa shape index (κ2) is 11.5. The van der Waals surface area contributed by atoms with E-state index in [-0.39, 0.29) is 23.7 Å². The molecule has 0 radical (unpaired) electrons. The van der Waals surface area contributed by atoms with Crippen LogP contribution in [-0.2, 0) is 14.3 Å². The van der Waals surface area contributed by atoms with Crippen LogP contribution < -0.4 is 10.6 Å². The lowest BCUT2D eigenvalue weighted by Crippen LogP contribution is -2.43. The molecule has 0 aromatic carbocycles. The fourth-order valence-electron chi connectivity index (χ4n) is 3.68. The molecule has 2 amide bonds. The van der Waals surface area contributed by atoms with Gasteiger partial charge in [-0.3, -0.25) is 14.5 Å². The Labute approximate surface area is 157 Å². The number of amides is 2. The zero-order valence-corrected chi connectivity index (χ0v) is 16.5. The number of nitrogens with one attached hydrogen (secondary N) is 2. The Kier molecular flexibility index (Phi) is 9.36. The Morgan fingerprint density at radius 3 is 2.04 bits per heavy atom. The summed E-state index contributed by atoms with van der Waals surface area (Å²) in [5.74, 6) is 0.460. The largest absolute Gasteiger partial charge is 0.379 e. The van der Waals surface area contributed by atoms with Gasteiger partial charge in [-0.15, -0.1) is 0 Å². The lowest BCUT2D eigenvalue weighted by Gasteiger charge is -2.28. The zero-order chi connectivity index (χ0) is 18.8. The van der Waals surface area contributed by atoms with Gasteiger partial charge in [-0.25, -0.2) is 0 Å². The van der Waals surface area contributed by atoms with Crippen molar-refractivity contribution < 1.29 is 14.3 Å². The molecule has 0 atom stereocenters. The third-order valence-electron chi connectivity index (χ3n) is 5.38. The Bertz CT molecular complexity index is 431. The van der Waals surface area contributed by atoms with Gasteiger partial charge in [-0.05, 0) is 52.7 Å². The van der Waals surface area contributed by atoms with Gasteiger partial charge in [0.25, 0.3) is 0 Å². The maximum Gasteiger partial charge on any atom is 0.223 e. The monoisotopic (exact) mass is 368 g/mol. The summed E-state index contributed by atoms with van der Waals surface area (Å²) >= 11 is 0. The third-order valence-corrected chi connectivity index (χ3v) is 5.38. The number of ether oxygens (including phenoxy) is 1. The summed E-state index contributed by atoms with van der Waals surface area (Å²) < 4.78 is 5.33. The van der Waals surface area contributed by atoms with Crippen molar-refractivity contribution in [2.24, 2.45) is 11.8 Å². The summed E-state index contributed by atoms with van der Waals surface area (Å²) in [6.07, 6.45) is 4.25. The molecule has 0 bridgehead atoms. The van der Waals surface area contributed by atoms with Crippen molar-refractivity contribution in [1.82, 2.24) is 20.4 Å². The van der Waals surface area contributed by atoms with Gasteiger partial charge in [0.1, 0.15) is 0 Å². The van der Waals surface area contributed by atoms with Crippen LogP contribution in [0.4, 0.5) is 0 Å². The predicted molar refractivity (Wildman–Crippen MR) is 102 cm³/mol. The number of hydrogen-bond acceptors (Lipinski definition) is 5. The number of hydrogen-bond donors (Lipinski definition) is 2. The number of nitrogens with zero attached hydrogens (tertiary/aromatic N) is 2. The molecule has 1 heterocycles. The SMILES string of the molecule is CN(C)CCCNC(=O)C1CCC(C(=O)NCCN2CCOCC2)CC1. The molecule has 1 saturated heterocycles. The average Bonchev–Trinajstić information content (AvgIpc) is 2.66. The van der Waals surface area contributed by atoms with E-state index in [0.717, 1.165) is 78.0 Å². The molecule has 7 heteroatoms. The van der Waals surface area contributed by atoms with E-state index in [1.165, 1.54) is 0 Å². The topological polar surface area (TPSA) is 73.9 Å². The van der Waals surface area contributed by atoms with Gasteiger partial charge in [0, 0.05) is 44.6 Å². The van der Waals surface area contributed by atoms with Crippen molar-refractivity contribution >= 4 is 11.8 Å². The van der Waals surface area contributed by atoms with Crippen molar-refractivity contribution in [2.75, 3.05) is 66.6 Å². The first kappa shape index (κ1) is 21.1. The van der Waals surface area contributed by atoms with Gasteiger partial charge in [0.2, 0.25) is 11.8 Å². The average molecular weight is 369 g/mol. The van der Waals surface area contributed by atoms with Crippen LogP contribution in [0.1, 0.15) is 32.1 Å². The first-order chi connectivity index (χ1) is 12.6. The van der Waals surface area contributed by atoms with E-state index in [2.05, 4.69) is 20.4 Å². The highest BCUT2D eigenvalue weighted by Gasteiger charge is 2.29. The van der Waals surface area contributed by atoms with Crippen LogP contribution in [0, 0.1) is 11.8 Å². The summed E-state index contributed by atoms with van der Waals surface area (Å²) in [5, 5.41) is 6.11. The summed E-state index contributed by atoms with van der Waals surface area (Å²) in [6.45, 7) is 6.78. The van der Waals surface area contributed by atoms with E-state index in [1.54, 1.807) is 0 Å². The van der Waals surface area contributed by atoms with Crippen LogP contribution in [0.2, 0.25) is 0 Å². The molecule has 26 heavy (non-hydrogen) atoms. The number of carbonyl (C=O) groups excluding carboxylic acids is 2. The molecule has 2 rings (SSSR count). The highest BCUT2D eigenvalue weighted by atomic mass is 16.5. The first-order valence-corrected chi connectivity index (χ1v) is 10.1. The molecule has 1 aliphatic heterocycles. The van der Waals surface area contributed by atoms with Crippen LogP contribution in [0.5, 0.6) is 0 Å². The standard InChI is InChI=1S/C19H36N4O3/c1-22(2)10-3-8-20-18(24)16-4-6-17(7-5-16)19(25)21-9-11-23-12-14-26-15-13-23/h16-17H,3-15H2,1-2H3,(H,20,24)(H,21,25). The van der Waals surface area contributed by atoms with Gasteiger partial charge < -0.3 is 20.3 Å². The molecule has 2 aliphatic rings. The predicted octanol–water partition coefficient (Wildman–Crippen LogP) is 0.309. The van der Waals surface area contributed by atoms with Crippen molar-refractivity contribution in [1.29, 1.82) is 0 Å². The van der Waals surface area contributed by atoms with E-state index in [1.807, 2.05) is 14.1 Å². The maximum atomic E-state index is 12.3. The number of morpholine rings is 1. The highest BCUT2D eigenvalue weighted by molar-refractivity contribution is 5.81. The molecular formula is C19H36N4O3. The lowest BCUT2D eigenvalue weighted by atomic mass is 9.81. The summed E-state index contributed by atoms with van der Waals surface area (Å²) in [6, 6.07) is 0. The van der Waals surface area contributed by atoms with Crippen LogP contribution in [0.3, 0.4) is 0 Å². The van der Waals surface area contributed by atoms with Crippen LogP contribution >= 0.6 is 0 Å². The normalized spacial score (nSPS) is 24.4. The van der Waals surface area contributed by atoms with Crippen molar-refractivity contribution in [3.05, 3.63) is 0 Å². The highest BCUT2D eigenvalue weighted by Crippen LogP contribution is 2.29. The van der Waals surface area contributed by atoms with Crippen molar-refractivity contribution in [2.45, 2.75) is 32.1 Å².